The number of aryl methyl sites for hydroxylation is 1. The van der Waals surface area contributed by atoms with Gasteiger partial charge in [0, 0.05) is 74.1 Å². The monoisotopic (exact) mass is 1110 g/mol. The zero-order valence-corrected chi connectivity index (χ0v) is 44.2. The molecule has 71 heavy (non-hydrogen) atoms. The van der Waals surface area contributed by atoms with E-state index >= 15 is 0 Å². The van der Waals surface area contributed by atoms with Gasteiger partial charge in [-0.15, -0.1) is 0 Å². The summed E-state index contributed by atoms with van der Waals surface area (Å²) in [4.78, 5) is 5.98. The topological polar surface area (TPSA) is 147 Å². The number of hydrogen-bond donors (Lipinski definition) is 8. The molecule has 0 radical (unpaired) electrons. The van der Waals surface area contributed by atoms with Crippen molar-refractivity contribution in [1.29, 1.82) is 0 Å². The van der Waals surface area contributed by atoms with Crippen LogP contribution < -0.4 is 16.0 Å². The molecule has 0 unspecified atom stereocenters. The van der Waals surface area contributed by atoms with Crippen LogP contribution in [0, 0.1) is 0 Å². The van der Waals surface area contributed by atoms with Gasteiger partial charge in [-0.2, -0.15) is 0 Å². The summed E-state index contributed by atoms with van der Waals surface area (Å²) in [6, 6.07) is 32.0. The maximum absolute atomic E-state index is 9.89. The van der Waals surface area contributed by atoms with E-state index in [2.05, 4.69) is 39.0 Å². The second-order valence-corrected chi connectivity index (χ2v) is 20.5. The predicted molar refractivity (Wildman–Crippen MR) is 295 cm³/mol. The number of hydrogen-bond acceptors (Lipinski definition) is 8. The highest BCUT2D eigenvalue weighted by atomic mass is 35.5. The summed E-state index contributed by atoms with van der Waals surface area (Å²) in [6.45, 7) is 4.81. The molecular weight excluding hydrogens is 1060 g/mol. The summed E-state index contributed by atoms with van der Waals surface area (Å²) in [5, 5.41) is 62.5. The van der Waals surface area contributed by atoms with Gasteiger partial charge >= 0.3 is 0 Å². The minimum atomic E-state index is -0.384. The summed E-state index contributed by atoms with van der Waals surface area (Å²) < 4.78 is 0. The number of phenols is 5. The maximum Gasteiger partial charge on any atom is 0.178 e. The first-order chi connectivity index (χ1) is 34.1. The zero-order chi connectivity index (χ0) is 50.5. The molecule has 370 valence electrons. The molecule has 6 aromatic rings. The van der Waals surface area contributed by atoms with E-state index in [1.165, 1.54) is 16.7 Å². The van der Waals surface area contributed by atoms with Crippen LogP contribution in [0.25, 0.3) is 0 Å². The van der Waals surface area contributed by atoms with Gasteiger partial charge in [-0.3, -0.25) is 0 Å². The Morgan fingerprint density at radius 1 is 0.507 bits per heavy atom. The van der Waals surface area contributed by atoms with E-state index in [1.807, 2.05) is 82.6 Å². The Morgan fingerprint density at radius 2 is 1.04 bits per heavy atom. The average molecular weight is 1110 g/mol. The van der Waals surface area contributed by atoms with Gasteiger partial charge in [0.1, 0.15) is 5.75 Å². The Morgan fingerprint density at radius 3 is 1.69 bits per heavy atom. The number of thiocarbonyl (C=S) groups is 3. The van der Waals surface area contributed by atoms with Gasteiger partial charge in [0.15, 0.2) is 38.3 Å². The van der Waals surface area contributed by atoms with Crippen molar-refractivity contribution in [3.63, 3.8) is 0 Å². The minimum Gasteiger partial charge on any atom is -0.508 e. The summed E-state index contributed by atoms with van der Waals surface area (Å²) in [7, 11) is 0. The van der Waals surface area contributed by atoms with Crippen molar-refractivity contribution in [3.8, 4) is 28.7 Å². The number of halogens is 5. The number of fused-ring (bicyclic) bond motifs is 4. The molecule has 0 saturated carbocycles. The molecule has 0 bridgehead atoms. The average Bonchev–Trinajstić information content (AvgIpc) is 4.15. The number of nitrogens with one attached hydrogen (secondary N) is 3. The molecule has 0 amide bonds. The second kappa shape index (κ2) is 23.2. The van der Waals surface area contributed by atoms with Crippen LogP contribution in [0.2, 0.25) is 25.1 Å². The van der Waals surface area contributed by atoms with Crippen LogP contribution in [0.4, 0.5) is 0 Å². The summed E-state index contributed by atoms with van der Waals surface area (Å²) in [5.74, 6) is -1.15. The van der Waals surface area contributed by atoms with Gasteiger partial charge < -0.3 is 56.2 Å². The molecule has 3 aliphatic heterocycles. The van der Waals surface area contributed by atoms with E-state index in [9.17, 15) is 25.5 Å². The van der Waals surface area contributed by atoms with Crippen molar-refractivity contribution in [2.75, 3.05) is 13.1 Å². The SMILES string of the molecule is Oc1c(O)c(Cl)c2c(c1Cl)CCN(C(=S)NCc1ccccc1)C2.Oc1c(O)c(Cl)c2c(c1Cl)CN(C(=S)N[C@@H]1CCc3ccccc31)C2.Oc1cccc2c1CN(C(=S)NCCc1ccc(Cl)cc1)C2. The molecule has 1 aliphatic carbocycles. The highest BCUT2D eigenvalue weighted by Gasteiger charge is 2.32. The first-order valence-electron chi connectivity index (χ1n) is 22.7. The zero-order valence-electron chi connectivity index (χ0n) is 38.0. The first-order valence-corrected chi connectivity index (χ1v) is 25.8. The lowest BCUT2D eigenvalue weighted by molar-refractivity contribution is 0.375. The normalized spacial score (nSPS) is 15.0. The van der Waals surface area contributed by atoms with Crippen LogP contribution in [0.15, 0.2) is 97.1 Å². The largest absolute Gasteiger partial charge is 0.508 e. The van der Waals surface area contributed by atoms with Crippen molar-refractivity contribution in [2.24, 2.45) is 0 Å². The van der Waals surface area contributed by atoms with E-state index in [1.54, 1.807) is 6.07 Å². The van der Waals surface area contributed by atoms with Gasteiger partial charge in [0.2, 0.25) is 0 Å². The molecule has 0 saturated heterocycles. The number of nitrogens with zero attached hydrogens (tertiary/aromatic N) is 3. The van der Waals surface area contributed by atoms with Crippen molar-refractivity contribution in [3.05, 3.63) is 178 Å². The molecule has 6 aromatic carbocycles. The number of aromatic hydroxyl groups is 5. The van der Waals surface area contributed by atoms with Crippen LogP contribution in [0.1, 0.15) is 68.1 Å². The fraction of sp³-hybridized carbons (Fsp3) is 0.250. The highest BCUT2D eigenvalue weighted by molar-refractivity contribution is 7.80. The Labute approximate surface area is 453 Å². The van der Waals surface area contributed by atoms with Crippen LogP contribution >= 0.6 is 94.7 Å². The Kier molecular flexibility index (Phi) is 17.0. The van der Waals surface area contributed by atoms with E-state index < -0.39 is 0 Å². The smallest absolute Gasteiger partial charge is 0.178 e. The lowest BCUT2D eigenvalue weighted by Crippen LogP contribution is -2.42. The summed E-state index contributed by atoms with van der Waals surface area (Å²) in [5.41, 5.74) is 10.00. The molecule has 8 N–H and O–H groups in total. The van der Waals surface area contributed by atoms with Crippen molar-refractivity contribution < 1.29 is 25.5 Å². The highest BCUT2D eigenvalue weighted by Crippen LogP contribution is 2.48. The molecule has 19 heteroatoms. The third kappa shape index (κ3) is 11.9. The van der Waals surface area contributed by atoms with Crippen LogP contribution in [-0.2, 0) is 58.5 Å². The van der Waals surface area contributed by atoms with Crippen molar-refractivity contribution in [1.82, 2.24) is 30.7 Å². The van der Waals surface area contributed by atoms with Gasteiger partial charge in [0.25, 0.3) is 0 Å². The lowest BCUT2D eigenvalue weighted by Gasteiger charge is -2.32. The van der Waals surface area contributed by atoms with E-state index in [-0.39, 0.29) is 49.1 Å². The van der Waals surface area contributed by atoms with Crippen LogP contribution in [-0.4, -0.2) is 68.7 Å². The van der Waals surface area contributed by atoms with Crippen molar-refractivity contribution >= 4 is 110 Å². The Hall–Kier alpha value is -5.16. The Bertz CT molecular complexity index is 2950. The third-order valence-electron chi connectivity index (χ3n) is 12.9. The molecule has 0 fully saturated rings. The number of rotatable bonds is 6. The minimum absolute atomic E-state index is 0.127. The quantitative estimate of drug-likeness (QED) is 0.0591. The van der Waals surface area contributed by atoms with Gasteiger partial charge in [0.05, 0.1) is 26.1 Å². The summed E-state index contributed by atoms with van der Waals surface area (Å²) >= 11 is 47.0. The number of phenolic OH excluding ortho intramolecular Hbond substituents is 5. The molecule has 3 heterocycles. The standard InChI is InChI=1S/C18H16Cl2N2O2S.C17H16Cl2N2O2S.C17H17ClN2OS/c19-14-11-7-22(8-12(11)15(20)17(24)16(14)23)18(25)21-13-6-5-9-3-1-2-4-10(9)13;18-13-11-6-7-21(9-12(11)14(19)16(23)15(13)22)17(24)20-8-10-4-2-1-3-5-10;18-14-6-4-12(5-7-14)8-9-19-17(22)20-10-13-2-1-3-16(21)15(13)11-20/h1-4,13,23-24H,5-8H2,(H,21,25);1-5,22-23H,6-9H2,(H,20,24);1-7,21H,8-11H2,(H,19,22)/t13-;;/m1../s1. The molecule has 11 nitrogen and oxygen atoms in total. The van der Waals surface area contributed by atoms with Crippen molar-refractivity contribution in [2.45, 2.75) is 71.0 Å². The van der Waals surface area contributed by atoms with E-state index in [0.717, 1.165) is 64.7 Å². The first kappa shape index (κ1) is 52.2. The lowest BCUT2D eigenvalue weighted by atomic mass is 9.98. The van der Waals surface area contributed by atoms with Crippen LogP contribution in [0.3, 0.4) is 0 Å². The summed E-state index contributed by atoms with van der Waals surface area (Å²) in [6.07, 6.45) is 3.53. The van der Waals surface area contributed by atoms with Crippen LogP contribution in [0.5, 0.6) is 28.7 Å². The molecule has 0 spiro atoms. The Balaban J connectivity index is 0.000000143. The van der Waals surface area contributed by atoms with Gasteiger partial charge in [-0.25, -0.2) is 0 Å². The molecule has 1 atom stereocenters. The number of benzene rings is 6. The fourth-order valence-electron chi connectivity index (χ4n) is 9.00. The molecular formula is C52H49Cl5N6O5S3. The van der Waals surface area contributed by atoms with Gasteiger partial charge in [-0.05, 0) is 119 Å². The third-order valence-corrected chi connectivity index (χ3v) is 15.9. The molecule has 10 rings (SSSR count). The molecule has 0 aromatic heterocycles. The fourth-order valence-corrected chi connectivity index (χ4v) is 10.9. The van der Waals surface area contributed by atoms with Gasteiger partial charge in [-0.1, -0.05) is 137 Å². The molecule has 4 aliphatic rings. The van der Waals surface area contributed by atoms with E-state index in [0.29, 0.717) is 78.4 Å². The maximum atomic E-state index is 9.89. The second-order valence-electron chi connectivity index (χ2n) is 17.4. The predicted octanol–water partition coefficient (Wildman–Crippen LogP) is 11.6. The van der Waals surface area contributed by atoms with E-state index in [4.69, 9.17) is 94.7 Å².